The number of aryl methyl sites for hydroxylation is 1. The third-order valence-electron chi connectivity index (χ3n) is 4.32. The van der Waals surface area contributed by atoms with E-state index in [9.17, 15) is 10.1 Å². The monoisotopic (exact) mass is 414 g/mol. The average molecular weight is 415 g/mol. The molecule has 1 heterocycles. The Labute approximate surface area is 177 Å². The van der Waals surface area contributed by atoms with E-state index in [1.807, 2.05) is 60.6 Å². The van der Waals surface area contributed by atoms with Crippen LogP contribution in [0.15, 0.2) is 24.3 Å². The van der Waals surface area contributed by atoms with E-state index in [0.29, 0.717) is 10.8 Å². The second kappa shape index (κ2) is 8.42. The number of ether oxygens (including phenoxy) is 2. The molecule has 0 aliphatic rings. The molecule has 2 rings (SSSR count). The van der Waals surface area contributed by atoms with Crippen LogP contribution >= 0.6 is 11.6 Å². The van der Waals surface area contributed by atoms with Crippen LogP contribution in [0.1, 0.15) is 63.9 Å². The molecule has 0 aliphatic heterocycles. The van der Waals surface area contributed by atoms with Gasteiger partial charge in [0.25, 0.3) is 0 Å². The van der Waals surface area contributed by atoms with Crippen LogP contribution in [0.3, 0.4) is 0 Å². The lowest BCUT2D eigenvalue weighted by Gasteiger charge is -2.26. The zero-order valence-corrected chi connectivity index (χ0v) is 18.8. The first-order valence-electron chi connectivity index (χ1n) is 9.38. The quantitative estimate of drug-likeness (QED) is 0.618. The first-order chi connectivity index (χ1) is 13.3. The van der Waals surface area contributed by atoms with Crippen molar-refractivity contribution < 1.29 is 14.3 Å². The molecule has 1 aromatic carbocycles. The van der Waals surface area contributed by atoms with Crippen molar-refractivity contribution in [3.05, 3.63) is 51.7 Å². The first-order valence-corrected chi connectivity index (χ1v) is 9.76. The molecule has 0 saturated heterocycles. The summed E-state index contributed by atoms with van der Waals surface area (Å²) in [5.41, 5.74) is 2.17. The zero-order valence-electron chi connectivity index (χ0n) is 18.0. The molecular weight excluding hydrogens is 388 g/mol. The van der Waals surface area contributed by atoms with E-state index in [4.69, 9.17) is 21.1 Å². The van der Waals surface area contributed by atoms with Gasteiger partial charge in [-0.2, -0.15) is 5.26 Å². The van der Waals surface area contributed by atoms with Gasteiger partial charge in [-0.3, -0.25) is 0 Å². The Balaban J connectivity index is 2.33. The number of esters is 1. The van der Waals surface area contributed by atoms with Crippen molar-refractivity contribution in [1.29, 1.82) is 5.26 Å². The molecule has 0 N–H and O–H groups in total. The van der Waals surface area contributed by atoms with Crippen LogP contribution in [-0.4, -0.2) is 17.6 Å². The van der Waals surface area contributed by atoms with Gasteiger partial charge in [-0.25, -0.2) is 9.78 Å². The molecule has 0 aliphatic carbocycles. The first kappa shape index (κ1) is 22.7. The maximum Gasteiger partial charge on any atom is 0.350 e. The SMILES string of the molecule is Cc1ccc(OCC(=O)Oc2nc(C(C)(C)C)cc(C(C)(C)C)c2C#N)c(Cl)c1. The Kier molecular flexibility index (Phi) is 6.60. The van der Waals surface area contributed by atoms with E-state index in [1.54, 1.807) is 12.1 Å². The Morgan fingerprint density at radius 1 is 1.14 bits per heavy atom. The summed E-state index contributed by atoms with van der Waals surface area (Å²) in [6.45, 7) is 13.6. The molecule has 0 atom stereocenters. The van der Waals surface area contributed by atoms with Crippen molar-refractivity contribution in [2.24, 2.45) is 0 Å². The summed E-state index contributed by atoms with van der Waals surface area (Å²) in [5, 5.41) is 10.1. The molecule has 154 valence electrons. The second-order valence-corrected chi connectivity index (χ2v) is 9.45. The Hall–Kier alpha value is -2.58. The second-order valence-electron chi connectivity index (χ2n) is 9.04. The van der Waals surface area contributed by atoms with Crippen molar-refractivity contribution >= 4 is 17.6 Å². The number of benzene rings is 1. The van der Waals surface area contributed by atoms with E-state index >= 15 is 0 Å². The smallest absolute Gasteiger partial charge is 0.350 e. The highest BCUT2D eigenvalue weighted by atomic mass is 35.5. The minimum Gasteiger partial charge on any atom is -0.480 e. The molecule has 0 amide bonds. The lowest BCUT2D eigenvalue weighted by molar-refractivity contribution is -0.136. The van der Waals surface area contributed by atoms with E-state index in [-0.39, 0.29) is 28.9 Å². The highest BCUT2D eigenvalue weighted by Gasteiger charge is 2.28. The Morgan fingerprint density at radius 2 is 1.79 bits per heavy atom. The summed E-state index contributed by atoms with van der Waals surface area (Å²) in [6.07, 6.45) is 0. The number of hydrogen-bond acceptors (Lipinski definition) is 5. The van der Waals surface area contributed by atoms with Crippen molar-refractivity contribution in [1.82, 2.24) is 4.98 Å². The zero-order chi connectivity index (χ0) is 22.0. The summed E-state index contributed by atoms with van der Waals surface area (Å²) in [4.78, 5) is 16.9. The van der Waals surface area contributed by atoms with Gasteiger partial charge in [0.15, 0.2) is 6.61 Å². The molecule has 2 aromatic rings. The van der Waals surface area contributed by atoms with Crippen LogP contribution < -0.4 is 9.47 Å². The fourth-order valence-corrected chi connectivity index (χ4v) is 2.97. The van der Waals surface area contributed by atoms with Crippen molar-refractivity contribution in [2.75, 3.05) is 6.61 Å². The molecule has 0 spiro atoms. The number of pyridine rings is 1. The summed E-state index contributed by atoms with van der Waals surface area (Å²) >= 11 is 6.13. The van der Waals surface area contributed by atoms with Gasteiger partial charge in [-0.05, 0) is 41.7 Å². The maximum absolute atomic E-state index is 12.4. The van der Waals surface area contributed by atoms with Crippen LogP contribution in [0.4, 0.5) is 0 Å². The number of aromatic nitrogens is 1. The molecule has 0 saturated carbocycles. The van der Waals surface area contributed by atoms with Crippen LogP contribution in [0.25, 0.3) is 0 Å². The highest BCUT2D eigenvalue weighted by Crippen LogP contribution is 2.34. The topological polar surface area (TPSA) is 72.2 Å². The van der Waals surface area contributed by atoms with Gasteiger partial charge in [0, 0.05) is 5.41 Å². The predicted molar refractivity (Wildman–Crippen MR) is 114 cm³/mol. The van der Waals surface area contributed by atoms with Gasteiger partial charge in [0.05, 0.1) is 10.7 Å². The molecule has 0 unspecified atom stereocenters. The van der Waals surface area contributed by atoms with Crippen LogP contribution in [0.2, 0.25) is 5.02 Å². The van der Waals surface area contributed by atoms with Crippen LogP contribution in [0.5, 0.6) is 11.6 Å². The number of nitriles is 1. The molecule has 0 bridgehead atoms. The molecule has 0 fully saturated rings. The molecule has 5 nitrogen and oxygen atoms in total. The summed E-state index contributed by atoms with van der Waals surface area (Å²) in [5.74, 6) is -0.258. The number of hydrogen-bond donors (Lipinski definition) is 0. The van der Waals surface area contributed by atoms with E-state index < -0.39 is 5.97 Å². The minimum atomic E-state index is -0.656. The van der Waals surface area contributed by atoms with Gasteiger partial charge in [-0.15, -0.1) is 0 Å². The molecule has 1 aromatic heterocycles. The van der Waals surface area contributed by atoms with E-state index in [2.05, 4.69) is 11.1 Å². The fraction of sp³-hybridized carbons (Fsp3) is 0.435. The highest BCUT2D eigenvalue weighted by molar-refractivity contribution is 6.32. The van der Waals surface area contributed by atoms with Gasteiger partial charge < -0.3 is 9.47 Å². The standard InChI is InChI=1S/C23H27ClN2O3/c1-14-8-9-18(17(24)10-14)28-13-20(27)29-21-15(12-25)16(22(2,3)4)11-19(26-21)23(5,6)7/h8-11H,13H2,1-7H3. The molecule has 0 radical (unpaired) electrons. The summed E-state index contributed by atoms with van der Waals surface area (Å²) in [6, 6.07) is 9.34. The normalized spacial score (nSPS) is 11.7. The lowest BCUT2D eigenvalue weighted by Crippen LogP contribution is -2.23. The van der Waals surface area contributed by atoms with Gasteiger partial charge >= 0.3 is 5.97 Å². The number of rotatable bonds is 4. The average Bonchev–Trinajstić information content (AvgIpc) is 2.58. The summed E-state index contributed by atoms with van der Waals surface area (Å²) in [7, 11) is 0. The van der Waals surface area contributed by atoms with Crippen molar-refractivity contribution in [2.45, 2.75) is 59.3 Å². The number of halogens is 1. The lowest BCUT2D eigenvalue weighted by atomic mass is 9.81. The maximum atomic E-state index is 12.4. The number of carbonyl (C=O) groups is 1. The third kappa shape index (κ3) is 5.71. The van der Waals surface area contributed by atoms with Gasteiger partial charge in [0.2, 0.25) is 5.88 Å². The third-order valence-corrected chi connectivity index (χ3v) is 4.61. The van der Waals surface area contributed by atoms with E-state index in [0.717, 1.165) is 16.8 Å². The fourth-order valence-electron chi connectivity index (χ4n) is 2.68. The van der Waals surface area contributed by atoms with Crippen molar-refractivity contribution in [3.8, 4) is 17.7 Å². The summed E-state index contributed by atoms with van der Waals surface area (Å²) < 4.78 is 10.9. The Morgan fingerprint density at radius 3 is 2.31 bits per heavy atom. The minimum absolute atomic E-state index is 0.00783. The molecule has 6 heteroatoms. The largest absolute Gasteiger partial charge is 0.480 e. The predicted octanol–water partition coefficient (Wildman–Crippen LogP) is 5.49. The van der Waals surface area contributed by atoms with Gasteiger partial charge in [-0.1, -0.05) is 59.2 Å². The van der Waals surface area contributed by atoms with Crippen molar-refractivity contribution in [3.63, 3.8) is 0 Å². The van der Waals surface area contributed by atoms with Gasteiger partial charge in [0.1, 0.15) is 17.4 Å². The number of carbonyl (C=O) groups excluding carboxylic acids is 1. The number of nitrogens with zero attached hydrogens (tertiary/aromatic N) is 2. The van der Waals surface area contributed by atoms with Crippen LogP contribution in [0, 0.1) is 18.3 Å². The van der Waals surface area contributed by atoms with Crippen LogP contribution in [-0.2, 0) is 15.6 Å². The molecular formula is C23H27ClN2O3. The Bertz CT molecular complexity index is 964. The van der Waals surface area contributed by atoms with E-state index in [1.165, 1.54) is 0 Å². The molecule has 29 heavy (non-hydrogen) atoms.